The van der Waals surface area contributed by atoms with Gasteiger partial charge in [-0.2, -0.15) is 0 Å². The first-order valence-electron chi connectivity index (χ1n) is 2.64. The van der Waals surface area contributed by atoms with Gasteiger partial charge in [-0.15, -0.1) is 0 Å². The molecule has 2 aliphatic carbocycles. The summed E-state index contributed by atoms with van der Waals surface area (Å²) >= 11 is 0. The summed E-state index contributed by atoms with van der Waals surface area (Å²) in [4.78, 5) is 0. The Morgan fingerprint density at radius 1 is 1.00 bits per heavy atom. The van der Waals surface area contributed by atoms with Crippen LogP contribution in [-0.2, 0) is 11.0 Å². The van der Waals surface area contributed by atoms with Gasteiger partial charge in [0.1, 0.15) is 0 Å². The Hall–Kier alpha value is -0.910. The summed E-state index contributed by atoms with van der Waals surface area (Å²) in [5, 5.41) is 0. The first-order valence-corrected chi connectivity index (χ1v) is 3.77. The molecular weight excluding hydrogens is 166 g/mol. The Morgan fingerprint density at radius 3 is 1.18 bits per heavy atom. The van der Waals surface area contributed by atoms with Gasteiger partial charge in [-0.3, -0.25) is 4.55 Å². The summed E-state index contributed by atoms with van der Waals surface area (Å²) in [6, 6.07) is 8.48. The molecule has 62 valence electrons. The summed E-state index contributed by atoms with van der Waals surface area (Å²) in [5.41, 5.74) is 2.85. The van der Waals surface area contributed by atoms with E-state index < -0.39 is 11.0 Å². The van der Waals surface area contributed by atoms with E-state index in [1.165, 1.54) is 11.1 Å². The van der Waals surface area contributed by atoms with Crippen LogP contribution in [0.3, 0.4) is 0 Å². The van der Waals surface area contributed by atoms with E-state index in [1.807, 2.05) is 0 Å². The molecule has 0 aromatic rings. The lowest BCUT2D eigenvalue weighted by Gasteiger charge is -2.10. The molecule has 11 heavy (non-hydrogen) atoms. The minimum absolute atomic E-state index is 0. The third-order valence-electron chi connectivity index (χ3n) is 1.22. The highest BCUT2D eigenvalue weighted by atomic mass is 32.2. The molecule has 4 N–H and O–H groups in total. The van der Waals surface area contributed by atoms with E-state index in [1.54, 1.807) is 0 Å². The van der Waals surface area contributed by atoms with Gasteiger partial charge in [0.05, 0.1) is 0 Å². The maximum Gasteiger partial charge on any atom is 0.254 e. The summed E-state index contributed by atoms with van der Waals surface area (Å²) in [6.07, 6.45) is 0. The van der Waals surface area contributed by atoms with E-state index in [2.05, 4.69) is 24.3 Å². The summed E-state index contributed by atoms with van der Waals surface area (Å²) in [6.45, 7) is 0. The smallest absolute Gasteiger partial charge is 0.254 e. The van der Waals surface area contributed by atoms with Crippen molar-refractivity contribution < 1.29 is 13.0 Å². The van der Waals surface area contributed by atoms with Gasteiger partial charge in [0.2, 0.25) is 0 Å². The van der Waals surface area contributed by atoms with Crippen LogP contribution >= 0.6 is 0 Å². The van der Waals surface area contributed by atoms with Crippen molar-refractivity contribution in [3.05, 3.63) is 24.3 Å². The van der Waals surface area contributed by atoms with Crippen molar-refractivity contribution in [2.24, 2.45) is 0 Å². The Bertz CT molecular complexity index is 262. The molecule has 0 saturated carbocycles. The first kappa shape index (κ1) is 10.1. The van der Waals surface area contributed by atoms with Crippen molar-refractivity contribution in [2.75, 3.05) is 0 Å². The van der Waals surface area contributed by atoms with Crippen LogP contribution in [0.15, 0.2) is 24.3 Å². The molecule has 0 aliphatic heterocycles. The van der Waals surface area contributed by atoms with Crippen LogP contribution in [0.5, 0.6) is 0 Å². The molecule has 5 heteroatoms. The Labute approximate surface area is 66.2 Å². The molecule has 2 aliphatic rings. The SMILES string of the molecule is N.O=[SH](=O)O.c1cc2ccc1-2. The maximum absolute atomic E-state index is 8.59. The van der Waals surface area contributed by atoms with E-state index in [9.17, 15) is 0 Å². The highest BCUT2D eigenvalue weighted by Gasteiger charge is 2.03. The highest BCUT2D eigenvalue weighted by molar-refractivity contribution is 7.66. The average molecular weight is 175 g/mol. The zero-order chi connectivity index (χ0) is 7.56. The van der Waals surface area contributed by atoms with Crippen LogP contribution in [0.2, 0.25) is 0 Å². The fraction of sp³-hybridized carbons (Fsp3) is 0. The lowest BCUT2D eigenvalue weighted by atomic mass is 9.95. The summed E-state index contributed by atoms with van der Waals surface area (Å²) in [7, 11) is -3.12. The number of fused-ring (bicyclic) bond motifs is 1. The Morgan fingerprint density at radius 2 is 1.18 bits per heavy atom. The van der Waals surface area contributed by atoms with Gasteiger partial charge in [0.15, 0.2) is 0 Å². The van der Waals surface area contributed by atoms with E-state index in [0.717, 1.165) is 0 Å². The molecule has 0 atom stereocenters. The molecule has 0 spiro atoms. The van der Waals surface area contributed by atoms with Gasteiger partial charge in [-0.1, -0.05) is 24.3 Å². The first-order chi connectivity index (χ1) is 4.70. The predicted molar refractivity (Wildman–Crippen MR) is 43.4 cm³/mol. The lowest BCUT2D eigenvalue weighted by Crippen LogP contribution is -1.85. The van der Waals surface area contributed by atoms with Gasteiger partial charge in [0, 0.05) is 0 Å². The molecule has 0 radical (unpaired) electrons. The largest absolute Gasteiger partial charge is 0.344 e. The molecule has 0 bridgehead atoms. The molecule has 0 heterocycles. The van der Waals surface area contributed by atoms with Gasteiger partial charge in [-0.05, 0) is 11.1 Å². The second-order valence-corrected chi connectivity index (χ2v) is 2.29. The van der Waals surface area contributed by atoms with Gasteiger partial charge in [0.25, 0.3) is 11.0 Å². The van der Waals surface area contributed by atoms with Crippen LogP contribution in [0.25, 0.3) is 11.1 Å². The van der Waals surface area contributed by atoms with Crippen molar-refractivity contribution in [1.29, 1.82) is 0 Å². The van der Waals surface area contributed by atoms with Gasteiger partial charge in [-0.25, -0.2) is 8.42 Å². The zero-order valence-corrected chi connectivity index (χ0v) is 6.62. The van der Waals surface area contributed by atoms with E-state index >= 15 is 0 Å². The highest BCUT2D eigenvalue weighted by Crippen LogP contribution is 2.29. The number of rotatable bonds is 0. The third kappa shape index (κ3) is 2.67. The molecule has 0 aromatic carbocycles. The van der Waals surface area contributed by atoms with E-state index in [4.69, 9.17) is 13.0 Å². The second-order valence-electron chi connectivity index (χ2n) is 1.82. The predicted octanol–water partition coefficient (Wildman–Crippen LogP) is 0.900. The van der Waals surface area contributed by atoms with Gasteiger partial charge < -0.3 is 6.15 Å². The Balaban J connectivity index is 0.000000183. The minimum atomic E-state index is -3.12. The molecule has 0 fully saturated rings. The Kier molecular flexibility index (Phi) is 3.73. The van der Waals surface area contributed by atoms with Crippen molar-refractivity contribution in [2.45, 2.75) is 0 Å². The number of hydrogen-bond donors (Lipinski definition) is 3. The standard InChI is InChI=1S/C6H4.H3N.H2O3S/c1-2-6-4-3-5(1)6;;1-4(2)3/h1-4H;1H3;4H,(H,1,2,3). The fourth-order valence-electron chi connectivity index (χ4n) is 0.663. The quantitative estimate of drug-likeness (QED) is 0.410. The third-order valence-corrected chi connectivity index (χ3v) is 1.22. The molecule has 0 saturated heterocycles. The van der Waals surface area contributed by atoms with Crippen molar-refractivity contribution in [3.63, 3.8) is 0 Å². The van der Waals surface area contributed by atoms with Crippen LogP contribution in [0.1, 0.15) is 0 Å². The molecule has 0 aromatic heterocycles. The number of hydrogen-bond acceptors (Lipinski definition) is 3. The van der Waals surface area contributed by atoms with Crippen LogP contribution in [0, 0.1) is 0 Å². The zero-order valence-electron chi connectivity index (χ0n) is 5.73. The molecule has 4 nitrogen and oxygen atoms in total. The van der Waals surface area contributed by atoms with Crippen LogP contribution in [-0.4, -0.2) is 13.0 Å². The topological polar surface area (TPSA) is 89.4 Å². The van der Waals surface area contributed by atoms with Crippen molar-refractivity contribution in [3.8, 4) is 11.1 Å². The average Bonchev–Trinajstić information content (AvgIpc) is 1.77. The monoisotopic (exact) mass is 175 g/mol. The van der Waals surface area contributed by atoms with Gasteiger partial charge >= 0.3 is 0 Å². The molecule has 0 amide bonds. The molecule has 0 unspecified atom stereocenters. The van der Waals surface area contributed by atoms with Crippen molar-refractivity contribution >= 4 is 11.0 Å². The fourth-order valence-corrected chi connectivity index (χ4v) is 0.663. The molecule has 2 rings (SSSR count). The lowest BCUT2D eigenvalue weighted by molar-refractivity contribution is 0.509. The second kappa shape index (κ2) is 4.07. The molecular formula is C6H9NO3S. The van der Waals surface area contributed by atoms with E-state index in [0.29, 0.717) is 0 Å². The normalized spacial score (nSPS) is 9.27. The summed E-state index contributed by atoms with van der Waals surface area (Å²) in [5.74, 6) is 0. The van der Waals surface area contributed by atoms with Crippen LogP contribution < -0.4 is 6.15 Å². The van der Waals surface area contributed by atoms with Crippen molar-refractivity contribution in [1.82, 2.24) is 6.15 Å². The number of thiol groups is 1. The minimum Gasteiger partial charge on any atom is -0.344 e. The number of benzene rings is 1. The van der Waals surface area contributed by atoms with E-state index in [-0.39, 0.29) is 6.15 Å². The van der Waals surface area contributed by atoms with Crippen LogP contribution in [0.4, 0.5) is 0 Å². The summed E-state index contributed by atoms with van der Waals surface area (Å²) < 4.78 is 24.2. The maximum atomic E-state index is 8.59.